The number of hydrogen-bond donors (Lipinski definition) is 2. The maximum atomic E-state index is 11.3. The van der Waals surface area contributed by atoms with Gasteiger partial charge in [-0.2, -0.15) is 0 Å². The summed E-state index contributed by atoms with van der Waals surface area (Å²) in [6.45, 7) is 4.59. The van der Waals surface area contributed by atoms with E-state index in [1.54, 1.807) is 14.0 Å². The number of carbonyl (C=O) groups is 1. The van der Waals surface area contributed by atoms with Gasteiger partial charge in [0.1, 0.15) is 5.54 Å². The smallest absolute Gasteiger partial charge is 0.323 e. The summed E-state index contributed by atoms with van der Waals surface area (Å²) in [5.74, 6) is -0.780. The molecule has 1 heterocycles. The number of hydrogen-bond acceptors (Lipinski definition) is 3. The van der Waals surface area contributed by atoms with E-state index in [1.165, 1.54) is 11.1 Å². The van der Waals surface area contributed by atoms with Gasteiger partial charge in [0, 0.05) is 19.6 Å². The highest BCUT2D eigenvalue weighted by Crippen LogP contribution is 2.17. The van der Waals surface area contributed by atoms with Crippen LogP contribution >= 0.6 is 0 Å². The van der Waals surface area contributed by atoms with Crippen LogP contribution in [-0.2, 0) is 17.6 Å². The van der Waals surface area contributed by atoms with Crippen molar-refractivity contribution >= 4 is 5.97 Å². The highest BCUT2D eigenvalue weighted by molar-refractivity contribution is 5.78. The second-order valence-electron chi connectivity index (χ2n) is 5.75. The normalized spacial score (nSPS) is 18.9. The third-order valence-electron chi connectivity index (χ3n) is 4.46. The van der Waals surface area contributed by atoms with E-state index in [0.717, 1.165) is 32.5 Å². The number of likely N-dealkylation sites (N-methyl/N-ethyl adjacent to an activating group) is 1. The molecule has 1 unspecified atom stereocenters. The van der Waals surface area contributed by atoms with Crippen LogP contribution in [0.1, 0.15) is 24.5 Å². The molecule has 0 saturated carbocycles. The Bertz CT molecular complexity index is 448. The van der Waals surface area contributed by atoms with Gasteiger partial charge in [0.25, 0.3) is 0 Å². The molecule has 0 aromatic heterocycles. The first-order valence-electron chi connectivity index (χ1n) is 7.26. The molecule has 0 radical (unpaired) electrons. The molecule has 0 amide bonds. The molecule has 110 valence electrons. The van der Waals surface area contributed by atoms with E-state index in [1.807, 2.05) is 0 Å². The van der Waals surface area contributed by atoms with Crippen LogP contribution in [0.3, 0.4) is 0 Å². The van der Waals surface area contributed by atoms with Crippen LogP contribution in [0.15, 0.2) is 24.3 Å². The summed E-state index contributed by atoms with van der Waals surface area (Å²) in [5.41, 5.74) is 2.04. The van der Waals surface area contributed by atoms with E-state index < -0.39 is 11.5 Å². The Morgan fingerprint density at radius 1 is 1.30 bits per heavy atom. The lowest BCUT2D eigenvalue weighted by Gasteiger charge is -2.28. The van der Waals surface area contributed by atoms with Crippen molar-refractivity contribution in [2.24, 2.45) is 0 Å². The predicted molar refractivity (Wildman–Crippen MR) is 80.0 cm³/mol. The van der Waals surface area contributed by atoms with Crippen molar-refractivity contribution in [3.63, 3.8) is 0 Å². The molecular weight excluding hydrogens is 252 g/mol. The van der Waals surface area contributed by atoms with Gasteiger partial charge in [-0.15, -0.1) is 0 Å². The second-order valence-corrected chi connectivity index (χ2v) is 5.75. The number of aliphatic carboxylic acids is 1. The summed E-state index contributed by atoms with van der Waals surface area (Å²) in [5, 5.41) is 12.2. The van der Waals surface area contributed by atoms with Crippen molar-refractivity contribution in [1.82, 2.24) is 10.2 Å². The largest absolute Gasteiger partial charge is 0.480 e. The van der Waals surface area contributed by atoms with E-state index in [-0.39, 0.29) is 0 Å². The summed E-state index contributed by atoms with van der Waals surface area (Å²) in [7, 11) is 1.71. The van der Waals surface area contributed by atoms with Gasteiger partial charge in [0.15, 0.2) is 0 Å². The van der Waals surface area contributed by atoms with Crippen LogP contribution < -0.4 is 5.32 Å². The third kappa shape index (κ3) is 3.38. The first-order chi connectivity index (χ1) is 9.55. The first kappa shape index (κ1) is 15.0. The number of nitrogens with one attached hydrogen (secondary N) is 1. The van der Waals surface area contributed by atoms with Crippen molar-refractivity contribution in [3.8, 4) is 0 Å². The fourth-order valence-electron chi connectivity index (χ4n) is 2.66. The molecular formula is C16H24N2O2. The Morgan fingerprint density at radius 3 is 2.30 bits per heavy atom. The van der Waals surface area contributed by atoms with E-state index in [4.69, 9.17) is 0 Å². The monoisotopic (exact) mass is 276 g/mol. The molecule has 0 spiro atoms. The molecule has 1 aliphatic rings. The van der Waals surface area contributed by atoms with Gasteiger partial charge >= 0.3 is 5.97 Å². The van der Waals surface area contributed by atoms with Crippen LogP contribution in [0.5, 0.6) is 0 Å². The zero-order valence-electron chi connectivity index (χ0n) is 12.4. The summed E-state index contributed by atoms with van der Waals surface area (Å²) >= 11 is 0. The van der Waals surface area contributed by atoms with Gasteiger partial charge in [0.05, 0.1) is 0 Å². The number of benzene rings is 1. The molecule has 1 aliphatic heterocycles. The number of carboxylic acids is 1. The summed E-state index contributed by atoms with van der Waals surface area (Å²) in [6, 6.07) is 8.59. The molecule has 0 saturated heterocycles. The van der Waals surface area contributed by atoms with Gasteiger partial charge < -0.3 is 15.3 Å². The summed E-state index contributed by atoms with van der Waals surface area (Å²) < 4.78 is 0. The summed E-state index contributed by atoms with van der Waals surface area (Å²) in [4.78, 5) is 13.7. The van der Waals surface area contributed by atoms with Crippen molar-refractivity contribution in [3.05, 3.63) is 35.4 Å². The number of nitrogens with zero attached hydrogens (tertiary/aromatic N) is 1. The fourth-order valence-corrected chi connectivity index (χ4v) is 2.66. The number of carboxylic acid groups (broad SMARTS) is 1. The van der Waals surface area contributed by atoms with Crippen LogP contribution in [0.4, 0.5) is 0 Å². The maximum Gasteiger partial charge on any atom is 0.323 e. The average Bonchev–Trinajstić information content (AvgIpc) is 2.67. The molecule has 2 N–H and O–H groups in total. The van der Waals surface area contributed by atoms with Crippen LogP contribution in [0.2, 0.25) is 0 Å². The lowest BCUT2D eigenvalue weighted by atomic mass is 9.98. The SMILES string of the molecule is CNC(C)(CCN1CCc2ccccc2CC1)C(=O)O. The summed E-state index contributed by atoms with van der Waals surface area (Å²) in [6.07, 6.45) is 2.73. The van der Waals surface area contributed by atoms with E-state index in [2.05, 4.69) is 34.5 Å². The highest BCUT2D eigenvalue weighted by atomic mass is 16.4. The zero-order chi connectivity index (χ0) is 14.6. The molecule has 0 bridgehead atoms. The molecule has 20 heavy (non-hydrogen) atoms. The molecule has 2 rings (SSSR count). The minimum absolute atomic E-state index is 0.620. The molecule has 0 aliphatic carbocycles. The third-order valence-corrected chi connectivity index (χ3v) is 4.46. The predicted octanol–water partition coefficient (Wildman–Crippen LogP) is 1.54. The number of fused-ring (bicyclic) bond motifs is 1. The van der Waals surface area contributed by atoms with Crippen molar-refractivity contribution in [1.29, 1.82) is 0 Å². The minimum atomic E-state index is -0.834. The Labute approximate surface area is 120 Å². The molecule has 1 aromatic carbocycles. The molecule has 1 atom stereocenters. The first-order valence-corrected chi connectivity index (χ1v) is 7.26. The quantitative estimate of drug-likeness (QED) is 0.856. The molecule has 4 heteroatoms. The maximum absolute atomic E-state index is 11.3. The highest BCUT2D eigenvalue weighted by Gasteiger charge is 2.31. The Kier molecular flexibility index (Phi) is 4.78. The van der Waals surface area contributed by atoms with Gasteiger partial charge in [-0.3, -0.25) is 4.79 Å². The number of rotatable bonds is 5. The van der Waals surface area contributed by atoms with E-state index in [9.17, 15) is 9.90 Å². The topological polar surface area (TPSA) is 52.6 Å². The zero-order valence-corrected chi connectivity index (χ0v) is 12.4. The van der Waals surface area contributed by atoms with Crippen LogP contribution in [0, 0.1) is 0 Å². The lowest BCUT2D eigenvalue weighted by molar-refractivity contribution is -0.144. The fraction of sp³-hybridized carbons (Fsp3) is 0.562. The van der Waals surface area contributed by atoms with Gasteiger partial charge in [-0.1, -0.05) is 24.3 Å². The lowest BCUT2D eigenvalue weighted by Crippen LogP contribution is -2.49. The van der Waals surface area contributed by atoms with Crippen molar-refractivity contribution < 1.29 is 9.90 Å². The van der Waals surface area contributed by atoms with Gasteiger partial charge in [-0.05, 0) is 44.4 Å². The Morgan fingerprint density at radius 2 is 1.85 bits per heavy atom. The Hall–Kier alpha value is -1.39. The Balaban J connectivity index is 1.92. The van der Waals surface area contributed by atoms with Crippen molar-refractivity contribution in [2.75, 3.05) is 26.7 Å². The van der Waals surface area contributed by atoms with E-state index in [0.29, 0.717) is 6.42 Å². The standard InChI is InChI=1S/C16H24N2O2/c1-16(17-2,15(19)20)9-12-18-10-7-13-5-3-4-6-14(13)8-11-18/h3-6,17H,7-12H2,1-2H3,(H,19,20). The van der Waals surface area contributed by atoms with Crippen LogP contribution in [-0.4, -0.2) is 48.2 Å². The van der Waals surface area contributed by atoms with Gasteiger partial charge in [0.2, 0.25) is 0 Å². The molecule has 1 aromatic rings. The molecule has 4 nitrogen and oxygen atoms in total. The minimum Gasteiger partial charge on any atom is -0.480 e. The van der Waals surface area contributed by atoms with Crippen LogP contribution in [0.25, 0.3) is 0 Å². The van der Waals surface area contributed by atoms with Gasteiger partial charge in [-0.25, -0.2) is 0 Å². The van der Waals surface area contributed by atoms with E-state index >= 15 is 0 Å². The van der Waals surface area contributed by atoms with Crippen molar-refractivity contribution in [2.45, 2.75) is 31.7 Å². The second kappa shape index (κ2) is 6.37. The average molecular weight is 276 g/mol. The molecule has 0 fully saturated rings.